The number of benzene rings is 6. The van der Waals surface area contributed by atoms with Crippen molar-refractivity contribution < 1.29 is 0 Å². The molecule has 0 fully saturated rings. The van der Waals surface area contributed by atoms with Crippen LogP contribution in [0.2, 0.25) is 0 Å². The molecule has 0 saturated carbocycles. The fourth-order valence-corrected chi connectivity index (χ4v) is 6.10. The summed E-state index contributed by atoms with van der Waals surface area (Å²) < 4.78 is 0. The first-order valence-electron chi connectivity index (χ1n) is 10.8. The van der Waals surface area contributed by atoms with E-state index in [4.69, 9.17) is 0 Å². The first-order chi connectivity index (χ1) is 15.8. The van der Waals surface area contributed by atoms with E-state index >= 15 is 0 Å². The lowest BCUT2D eigenvalue weighted by Crippen LogP contribution is -2.05. The van der Waals surface area contributed by atoms with Gasteiger partial charge in [-0.05, 0) is 43.4 Å². The Kier molecular flexibility index (Phi) is 2.71. The minimum atomic E-state index is 0.0839. The van der Waals surface area contributed by atoms with Crippen LogP contribution in [0.1, 0.15) is 0 Å². The molecule has 0 heterocycles. The molecule has 0 N–H and O–H groups in total. The van der Waals surface area contributed by atoms with Gasteiger partial charge in [0.1, 0.15) is 0 Å². The number of rotatable bonds is 0. The van der Waals surface area contributed by atoms with Crippen molar-refractivity contribution in [3.8, 4) is 22.3 Å². The first kappa shape index (κ1) is 16.4. The number of hydrogen-bond acceptors (Lipinski definition) is 2. The summed E-state index contributed by atoms with van der Waals surface area (Å²) in [6.07, 6.45) is 0. The van der Waals surface area contributed by atoms with Gasteiger partial charge >= 0.3 is 0 Å². The molecular formula is C30H14O2. The lowest BCUT2D eigenvalue weighted by atomic mass is 9.89. The normalized spacial score (nSPS) is 12.6. The van der Waals surface area contributed by atoms with Crippen LogP contribution in [0.25, 0.3) is 76.1 Å². The molecule has 2 nitrogen and oxygen atoms in total. The molecule has 0 aromatic heterocycles. The van der Waals surface area contributed by atoms with E-state index in [2.05, 4.69) is 24.3 Å². The Morgan fingerprint density at radius 1 is 0.312 bits per heavy atom. The van der Waals surface area contributed by atoms with Crippen LogP contribution in [0.4, 0.5) is 0 Å². The van der Waals surface area contributed by atoms with Crippen molar-refractivity contribution in [2.45, 2.75) is 0 Å². The molecule has 0 spiro atoms. The van der Waals surface area contributed by atoms with Crippen molar-refractivity contribution in [3.05, 3.63) is 105 Å². The van der Waals surface area contributed by atoms with E-state index in [1.54, 1.807) is 0 Å². The average molecular weight is 406 g/mol. The lowest BCUT2D eigenvalue weighted by molar-refractivity contribution is 1.69. The summed E-state index contributed by atoms with van der Waals surface area (Å²) in [6.45, 7) is 0. The fourth-order valence-electron chi connectivity index (χ4n) is 6.10. The van der Waals surface area contributed by atoms with Crippen LogP contribution in [0.15, 0.2) is 94.5 Å². The van der Waals surface area contributed by atoms with Gasteiger partial charge in [-0.3, -0.25) is 9.59 Å². The Labute approximate surface area is 181 Å². The maximum absolute atomic E-state index is 13.4. The van der Waals surface area contributed by atoms with Crippen LogP contribution in [0.5, 0.6) is 0 Å². The van der Waals surface area contributed by atoms with Crippen molar-refractivity contribution in [2.24, 2.45) is 0 Å². The molecule has 0 aliphatic heterocycles. The van der Waals surface area contributed by atoms with Crippen molar-refractivity contribution >= 4 is 53.9 Å². The second-order valence-corrected chi connectivity index (χ2v) is 8.71. The van der Waals surface area contributed by atoms with Crippen LogP contribution in [-0.2, 0) is 0 Å². The molecule has 146 valence electrons. The monoisotopic (exact) mass is 406 g/mol. The molecule has 32 heavy (non-hydrogen) atoms. The number of fused-ring (bicyclic) bond motifs is 9. The van der Waals surface area contributed by atoms with Gasteiger partial charge in [-0.1, -0.05) is 84.9 Å². The molecule has 0 bridgehead atoms. The molecule has 4 aromatic rings. The maximum Gasteiger partial charge on any atom is 0.194 e. The van der Waals surface area contributed by atoms with Gasteiger partial charge in [0.05, 0.1) is 0 Å². The topological polar surface area (TPSA) is 34.1 Å². The second-order valence-electron chi connectivity index (χ2n) is 8.71. The van der Waals surface area contributed by atoms with E-state index in [1.807, 2.05) is 60.7 Å². The first-order valence-corrected chi connectivity index (χ1v) is 10.8. The maximum atomic E-state index is 13.4. The van der Waals surface area contributed by atoms with Gasteiger partial charge in [-0.25, -0.2) is 0 Å². The largest absolute Gasteiger partial charge is 0.289 e. The Morgan fingerprint density at radius 2 is 0.656 bits per heavy atom. The van der Waals surface area contributed by atoms with Gasteiger partial charge < -0.3 is 0 Å². The summed E-state index contributed by atoms with van der Waals surface area (Å²) in [7, 11) is 0. The molecule has 0 saturated heterocycles. The average Bonchev–Trinajstić information content (AvgIpc) is 3.36. The Morgan fingerprint density at radius 3 is 1.09 bits per heavy atom. The van der Waals surface area contributed by atoms with Crippen LogP contribution in [-0.4, -0.2) is 0 Å². The van der Waals surface area contributed by atoms with Crippen LogP contribution in [0, 0.1) is 0 Å². The smallest absolute Gasteiger partial charge is 0.194 e. The van der Waals surface area contributed by atoms with Gasteiger partial charge in [0.25, 0.3) is 0 Å². The minimum absolute atomic E-state index is 0.0839. The van der Waals surface area contributed by atoms with Gasteiger partial charge in [0, 0.05) is 32.7 Å². The van der Waals surface area contributed by atoms with Gasteiger partial charge in [0.2, 0.25) is 0 Å². The standard InChI is InChI=1S/C30H14O2/c31-29-17-9-3-1-7-15(17)25-23-19(11-5-13-21(23)29)28-26-16-8-2-4-10-18(16)30(32)22-14-6-12-20(24(22)26)27(25)28/h1-14H. The Hall–Kier alpha value is -4.30. The van der Waals surface area contributed by atoms with Crippen molar-refractivity contribution in [1.29, 1.82) is 0 Å². The van der Waals surface area contributed by atoms with Gasteiger partial charge in [-0.2, -0.15) is 0 Å². The lowest BCUT2D eigenvalue weighted by Gasteiger charge is -2.12. The van der Waals surface area contributed by atoms with E-state index in [9.17, 15) is 9.59 Å². The highest BCUT2D eigenvalue weighted by Crippen LogP contribution is 2.56. The number of hydrogen-bond donors (Lipinski definition) is 0. The highest BCUT2D eigenvalue weighted by molar-refractivity contribution is 6.41. The van der Waals surface area contributed by atoms with Crippen LogP contribution < -0.4 is 10.9 Å². The molecule has 2 heteroatoms. The van der Waals surface area contributed by atoms with Crippen molar-refractivity contribution in [1.82, 2.24) is 0 Å². The molecule has 0 amide bonds. The van der Waals surface area contributed by atoms with Crippen molar-refractivity contribution in [2.75, 3.05) is 0 Å². The van der Waals surface area contributed by atoms with E-state index < -0.39 is 0 Å². The Balaban J connectivity index is 1.86. The zero-order valence-corrected chi connectivity index (χ0v) is 16.9. The van der Waals surface area contributed by atoms with Crippen molar-refractivity contribution in [3.63, 3.8) is 0 Å². The third-order valence-corrected chi connectivity index (χ3v) is 7.29. The van der Waals surface area contributed by atoms with E-state index in [-0.39, 0.29) is 10.9 Å². The Bertz CT molecular complexity index is 1920. The van der Waals surface area contributed by atoms with Gasteiger partial charge in [-0.15, -0.1) is 0 Å². The minimum Gasteiger partial charge on any atom is -0.289 e. The van der Waals surface area contributed by atoms with E-state index in [0.29, 0.717) is 0 Å². The summed E-state index contributed by atoms with van der Waals surface area (Å²) in [5.41, 5.74) is 4.50. The SMILES string of the molecule is O=c1c2cccc3c2-c(c2ccccc12)c1c2cccc4c2-c(c2ccccc2c4=O)c31. The molecule has 0 atom stereocenters. The summed E-state index contributed by atoms with van der Waals surface area (Å²) in [5, 5.41) is 9.50. The quantitative estimate of drug-likeness (QED) is 0.263. The molecule has 4 aliphatic rings. The summed E-state index contributed by atoms with van der Waals surface area (Å²) >= 11 is 0. The van der Waals surface area contributed by atoms with Gasteiger partial charge in [0.15, 0.2) is 10.9 Å². The van der Waals surface area contributed by atoms with E-state index in [1.165, 1.54) is 0 Å². The molecule has 0 unspecified atom stereocenters. The second kappa shape index (κ2) is 5.30. The molecule has 8 rings (SSSR count). The predicted molar refractivity (Wildman–Crippen MR) is 133 cm³/mol. The molecule has 0 radical (unpaired) electrons. The third kappa shape index (κ3) is 1.64. The predicted octanol–water partition coefficient (Wildman–Crippen LogP) is 6.70. The zero-order valence-electron chi connectivity index (χ0n) is 16.9. The highest BCUT2D eigenvalue weighted by atomic mass is 16.1. The molecule has 4 aromatic carbocycles. The summed E-state index contributed by atoms with van der Waals surface area (Å²) in [4.78, 5) is 26.7. The molecular weight excluding hydrogens is 392 g/mol. The third-order valence-electron chi connectivity index (χ3n) is 7.29. The fraction of sp³-hybridized carbons (Fsp3) is 0. The summed E-state index contributed by atoms with van der Waals surface area (Å²) in [6, 6.07) is 27.9. The zero-order chi connectivity index (χ0) is 21.1. The van der Waals surface area contributed by atoms with Crippen LogP contribution >= 0.6 is 0 Å². The van der Waals surface area contributed by atoms with E-state index in [0.717, 1.165) is 76.1 Å². The summed E-state index contributed by atoms with van der Waals surface area (Å²) in [5.74, 6) is 0. The highest BCUT2D eigenvalue weighted by Gasteiger charge is 2.31. The van der Waals surface area contributed by atoms with Crippen LogP contribution in [0.3, 0.4) is 0 Å². The molecule has 4 aliphatic carbocycles.